The molecule has 0 aliphatic heterocycles. The molecule has 0 heterocycles. The van der Waals surface area contributed by atoms with E-state index in [0.29, 0.717) is 30.8 Å². The van der Waals surface area contributed by atoms with Gasteiger partial charge in [-0.05, 0) is 67.9 Å². The van der Waals surface area contributed by atoms with Gasteiger partial charge in [-0.1, -0.05) is 107 Å². The second-order valence-corrected chi connectivity index (χ2v) is 15.9. The summed E-state index contributed by atoms with van der Waals surface area (Å²) >= 11 is 0. The summed E-state index contributed by atoms with van der Waals surface area (Å²) in [5.41, 5.74) is 4.58. The number of carbonyl (C=O) groups excluding carboxylic acids is 2. The summed E-state index contributed by atoms with van der Waals surface area (Å²) in [4.78, 5) is 24.9. The van der Waals surface area contributed by atoms with Gasteiger partial charge >= 0.3 is 11.9 Å². The number of phenols is 2. The summed E-state index contributed by atoms with van der Waals surface area (Å²) in [6.07, 6.45) is 1.94. The second-order valence-electron chi connectivity index (χ2n) is 15.9. The van der Waals surface area contributed by atoms with Crippen molar-refractivity contribution in [3.05, 3.63) is 57.6 Å². The molecular weight excluding hydrogens is 540 g/mol. The summed E-state index contributed by atoms with van der Waals surface area (Å²) < 4.78 is 10.8. The van der Waals surface area contributed by atoms with Gasteiger partial charge in [-0.25, -0.2) is 0 Å². The van der Waals surface area contributed by atoms with E-state index in [1.807, 2.05) is 24.3 Å². The molecule has 0 unspecified atom stereocenters. The van der Waals surface area contributed by atoms with Gasteiger partial charge in [-0.2, -0.15) is 0 Å². The van der Waals surface area contributed by atoms with E-state index in [0.717, 1.165) is 33.4 Å². The number of hydrogen-bond donors (Lipinski definition) is 2. The lowest BCUT2D eigenvalue weighted by Crippen LogP contribution is -2.18. The van der Waals surface area contributed by atoms with Crippen LogP contribution in [0.3, 0.4) is 0 Å². The minimum absolute atomic E-state index is 0.185. The van der Waals surface area contributed by atoms with Crippen LogP contribution in [0.5, 0.6) is 11.5 Å². The number of phenolic OH excluding ortho intramolecular Hbond substituents is 2. The van der Waals surface area contributed by atoms with Crippen LogP contribution in [-0.4, -0.2) is 35.4 Å². The minimum atomic E-state index is -0.300. The number of aryl methyl sites for hydroxylation is 2. The van der Waals surface area contributed by atoms with Gasteiger partial charge in [0.25, 0.3) is 0 Å². The first-order valence-electron chi connectivity index (χ1n) is 15.6. The molecule has 2 N–H and O–H groups in total. The minimum Gasteiger partial charge on any atom is -0.507 e. The lowest BCUT2D eigenvalue weighted by Gasteiger charge is -2.28. The molecule has 0 atom stereocenters. The molecule has 43 heavy (non-hydrogen) atoms. The number of aromatic hydroxyl groups is 2. The number of carbonyl (C=O) groups is 2. The molecule has 0 fully saturated rings. The van der Waals surface area contributed by atoms with Crippen LogP contribution >= 0.6 is 0 Å². The third-order valence-electron chi connectivity index (χ3n) is 7.62. The van der Waals surface area contributed by atoms with Crippen molar-refractivity contribution in [1.29, 1.82) is 0 Å². The Labute approximate surface area is 260 Å². The Bertz CT molecular complexity index is 1110. The molecular formula is C37H56O6. The molecule has 2 aromatic carbocycles. The number of esters is 2. The highest BCUT2D eigenvalue weighted by Gasteiger charge is 2.28. The van der Waals surface area contributed by atoms with E-state index in [1.165, 1.54) is 0 Å². The molecule has 240 valence electrons. The van der Waals surface area contributed by atoms with E-state index in [2.05, 4.69) is 83.1 Å². The molecule has 0 saturated heterocycles. The molecule has 2 rings (SSSR count). The number of rotatable bonds is 10. The zero-order valence-electron chi connectivity index (χ0n) is 28.8. The predicted octanol–water partition coefficient (Wildman–Crippen LogP) is 8.33. The van der Waals surface area contributed by atoms with Crippen LogP contribution in [0.1, 0.15) is 136 Å². The summed E-state index contributed by atoms with van der Waals surface area (Å²) in [5, 5.41) is 21.8. The maximum absolute atomic E-state index is 12.4. The van der Waals surface area contributed by atoms with E-state index < -0.39 is 0 Å². The Balaban J connectivity index is 1.85. The monoisotopic (exact) mass is 596 g/mol. The molecule has 0 bridgehead atoms. The van der Waals surface area contributed by atoms with E-state index >= 15 is 0 Å². The maximum atomic E-state index is 12.4. The lowest BCUT2D eigenvalue weighted by molar-refractivity contribution is -0.146. The fraction of sp³-hybridized carbons (Fsp3) is 0.622. The lowest BCUT2D eigenvalue weighted by atomic mass is 9.78. The molecule has 0 aliphatic rings. The van der Waals surface area contributed by atoms with E-state index in [9.17, 15) is 19.8 Å². The van der Waals surface area contributed by atoms with Crippen LogP contribution in [0.2, 0.25) is 0 Å². The molecule has 0 radical (unpaired) electrons. The summed E-state index contributed by atoms with van der Waals surface area (Å²) in [5.74, 6) is 0.0535. The first-order chi connectivity index (χ1) is 19.5. The van der Waals surface area contributed by atoms with Crippen molar-refractivity contribution >= 4 is 11.9 Å². The van der Waals surface area contributed by atoms with Gasteiger partial charge in [0.1, 0.15) is 11.5 Å². The molecule has 0 saturated carbocycles. The molecule has 6 heteroatoms. The Morgan fingerprint density at radius 2 is 0.791 bits per heavy atom. The fourth-order valence-electron chi connectivity index (χ4n) is 5.03. The predicted molar refractivity (Wildman–Crippen MR) is 174 cm³/mol. The molecule has 2 aromatic rings. The molecule has 0 aliphatic carbocycles. The Hall–Kier alpha value is -3.02. The van der Waals surface area contributed by atoms with Gasteiger partial charge in [-0.3, -0.25) is 9.59 Å². The van der Waals surface area contributed by atoms with E-state index in [4.69, 9.17) is 9.47 Å². The average molecular weight is 597 g/mol. The van der Waals surface area contributed by atoms with Gasteiger partial charge in [0, 0.05) is 19.3 Å². The van der Waals surface area contributed by atoms with Crippen molar-refractivity contribution in [3.63, 3.8) is 0 Å². The number of ether oxygens (including phenoxy) is 2. The van der Waals surface area contributed by atoms with Crippen molar-refractivity contribution in [2.45, 2.75) is 137 Å². The van der Waals surface area contributed by atoms with Gasteiger partial charge in [0.15, 0.2) is 0 Å². The molecule has 6 nitrogen and oxygen atoms in total. The zero-order valence-corrected chi connectivity index (χ0v) is 28.8. The third kappa shape index (κ3) is 10.6. The number of benzene rings is 2. The molecule has 0 aromatic heterocycles. The second kappa shape index (κ2) is 13.7. The van der Waals surface area contributed by atoms with Gasteiger partial charge in [-0.15, -0.1) is 0 Å². The quantitative estimate of drug-likeness (QED) is 0.212. The van der Waals surface area contributed by atoms with Crippen LogP contribution in [0.4, 0.5) is 0 Å². The first-order valence-corrected chi connectivity index (χ1v) is 15.6. The standard InChI is InChI=1S/C37H56O6/c1-34(2,3)26-20-24(21-27(32(26)40)35(4,5)6)14-16-30(38)42-18-13-19-43-31(39)17-15-25-22-28(36(7,8)9)33(41)29(23-25)37(10,11)12/h20-23,40-41H,13-19H2,1-12H3. The SMILES string of the molecule is CC(C)(C)c1cc(CCC(=O)OCCCOC(=O)CCc2cc(C(C)(C)C)c(O)c(C(C)(C)C)c2)cc(C(C)(C)C)c1O. The van der Waals surface area contributed by atoms with Crippen LogP contribution in [0, 0.1) is 0 Å². The van der Waals surface area contributed by atoms with Crippen molar-refractivity contribution in [3.8, 4) is 11.5 Å². The summed E-state index contributed by atoms with van der Waals surface area (Å²) in [6.45, 7) is 25.2. The summed E-state index contributed by atoms with van der Waals surface area (Å²) in [6, 6.07) is 7.96. The highest BCUT2D eigenvalue weighted by Crippen LogP contribution is 2.41. The average Bonchev–Trinajstić information content (AvgIpc) is 2.84. The van der Waals surface area contributed by atoms with Crippen LogP contribution in [-0.2, 0) is 53.6 Å². The zero-order chi connectivity index (χ0) is 33.0. The number of hydrogen-bond acceptors (Lipinski definition) is 6. The Kier molecular flexibility index (Phi) is 11.6. The Morgan fingerprint density at radius 3 is 1.02 bits per heavy atom. The molecule has 0 spiro atoms. The first kappa shape index (κ1) is 36.2. The maximum Gasteiger partial charge on any atom is 0.306 e. The smallest absolute Gasteiger partial charge is 0.306 e. The molecule has 0 amide bonds. The van der Waals surface area contributed by atoms with Gasteiger partial charge in [0.2, 0.25) is 0 Å². The highest BCUT2D eigenvalue weighted by atomic mass is 16.5. The van der Waals surface area contributed by atoms with Crippen molar-refractivity contribution < 1.29 is 29.3 Å². The largest absolute Gasteiger partial charge is 0.507 e. The Morgan fingerprint density at radius 1 is 0.535 bits per heavy atom. The third-order valence-corrected chi connectivity index (χ3v) is 7.62. The van der Waals surface area contributed by atoms with Gasteiger partial charge < -0.3 is 19.7 Å². The van der Waals surface area contributed by atoms with Crippen molar-refractivity contribution in [2.24, 2.45) is 0 Å². The normalized spacial score (nSPS) is 12.7. The van der Waals surface area contributed by atoms with Crippen LogP contribution < -0.4 is 0 Å². The van der Waals surface area contributed by atoms with Gasteiger partial charge in [0.05, 0.1) is 13.2 Å². The topological polar surface area (TPSA) is 93.1 Å². The van der Waals surface area contributed by atoms with E-state index in [-0.39, 0.29) is 59.7 Å². The van der Waals surface area contributed by atoms with E-state index in [1.54, 1.807) is 0 Å². The summed E-state index contributed by atoms with van der Waals surface area (Å²) in [7, 11) is 0. The highest BCUT2D eigenvalue weighted by molar-refractivity contribution is 5.70. The fourth-order valence-corrected chi connectivity index (χ4v) is 5.03. The van der Waals surface area contributed by atoms with Crippen molar-refractivity contribution in [1.82, 2.24) is 0 Å². The van der Waals surface area contributed by atoms with Crippen LogP contribution in [0.15, 0.2) is 24.3 Å². The van der Waals surface area contributed by atoms with Crippen molar-refractivity contribution in [2.75, 3.05) is 13.2 Å². The van der Waals surface area contributed by atoms with Crippen LogP contribution in [0.25, 0.3) is 0 Å².